The lowest BCUT2D eigenvalue weighted by Crippen LogP contribution is -2.54. The van der Waals surface area contributed by atoms with Crippen LogP contribution >= 0.6 is 0 Å². The molecule has 4 rings (SSSR count). The first kappa shape index (κ1) is 27.2. The van der Waals surface area contributed by atoms with Gasteiger partial charge in [-0.15, -0.1) is 0 Å². The van der Waals surface area contributed by atoms with Gasteiger partial charge in [0.05, 0.1) is 12.3 Å². The van der Waals surface area contributed by atoms with Crippen LogP contribution in [-0.2, 0) is 19.8 Å². The Balaban J connectivity index is 1.75. The molecule has 11 nitrogen and oxygen atoms in total. The van der Waals surface area contributed by atoms with E-state index in [-0.39, 0.29) is 22.9 Å². The van der Waals surface area contributed by atoms with E-state index in [1.165, 1.54) is 12.3 Å². The molecule has 0 spiro atoms. The second-order valence-corrected chi connectivity index (χ2v) is 10.4. The van der Waals surface area contributed by atoms with E-state index in [0.29, 0.717) is 24.1 Å². The summed E-state index contributed by atoms with van der Waals surface area (Å²) < 4.78 is 32.1. The van der Waals surface area contributed by atoms with Gasteiger partial charge in [0.15, 0.2) is 17.4 Å². The van der Waals surface area contributed by atoms with E-state index >= 15 is 0 Å². The lowest BCUT2D eigenvalue weighted by Gasteiger charge is -2.29. The Kier molecular flexibility index (Phi) is 8.37. The van der Waals surface area contributed by atoms with Gasteiger partial charge in [-0.25, -0.2) is 5.14 Å². The first-order valence-corrected chi connectivity index (χ1v) is 13.6. The number of carbonyl (C=O) groups excluding carboxylic acids is 2. The average Bonchev–Trinajstić information content (AvgIpc) is 3.60. The predicted octanol–water partition coefficient (Wildman–Crippen LogP) is 1.04. The fraction of sp³-hybridized carbons (Fsp3) is 0.269. The van der Waals surface area contributed by atoms with Crippen molar-refractivity contribution in [1.29, 1.82) is 5.41 Å². The van der Waals surface area contributed by atoms with Crippen LogP contribution in [-0.4, -0.2) is 44.6 Å². The number of hydrogen-bond acceptors (Lipinski definition) is 7. The minimum absolute atomic E-state index is 0.0390. The molecule has 0 saturated carbocycles. The molecule has 1 fully saturated rings. The van der Waals surface area contributed by atoms with Gasteiger partial charge >= 0.3 is 0 Å². The molecule has 38 heavy (non-hydrogen) atoms. The molecule has 3 atom stereocenters. The van der Waals surface area contributed by atoms with E-state index in [4.69, 9.17) is 20.7 Å². The average molecular weight is 539 g/mol. The normalized spacial score (nSPS) is 17.2. The Labute approximate surface area is 220 Å². The molecule has 0 aliphatic carbocycles. The summed E-state index contributed by atoms with van der Waals surface area (Å²) in [6.07, 6.45) is 2.63. The van der Waals surface area contributed by atoms with Crippen LogP contribution in [0.4, 0.5) is 0 Å². The van der Waals surface area contributed by atoms with E-state index < -0.39 is 40.2 Å². The fourth-order valence-corrected chi connectivity index (χ4v) is 5.27. The summed E-state index contributed by atoms with van der Waals surface area (Å²) in [5, 5.41) is 18.8. The molecular weight excluding hydrogens is 508 g/mol. The van der Waals surface area contributed by atoms with Gasteiger partial charge in [0.25, 0.3) is 10.2 Å². The van der Waals surface area contributed by atoms with Crippen LogP contribution in [0.5, 0.6) is 0 Å². The third kappa shape index (κ3) is 6.53. The van der Waals surface area contributed by atoms with Gasteiger partial charge in [-0.05, 0) is 36.6 Å². The maximum Gasteiger partial charge on any atom is 0.275 e. The van der Waals surface area contributed by atoms with Crippen molar-refractivity contribution in [2.45, 2.75) is 36.9 Å². The van der Waals surface area contributed by atoms with Gasteiger partial charge in [0.1, 0.15) is 12.1 Å². The molecule has 0 bridgehead atoms. The molecule has 1 saturated heterocycles. The molecule has 2 aromatic carbocycles. The monoisotopic (exact) mass is 538 g/mol. The molecule has 0 radical (unpaired) electrons. The summed E-state index contributed by atoms with van der Waals surface area (Å²) in [4.78, 5) is 27.4. The highest BCUT2D eigenvalue weighted by Crippen LogP contribution is 2.30. The largest absolute Gasteiger partial charge is 0.461 e. The number of nitrogen functional groups attached to an aromatic ring is 1. The van der Waals surface area contributed by atoms with Crippen LogP contribution < -0.4 is 26.2 Å². The van der Waals surface area contributed by atoms with E-state index in [1.54, 1.807) is 48.5 Å². The van der Waals surface area contributed by atoms with Crippen molar-refractivity contribution in [2.75, 3.05) is 6.54 Å². The molecule has 3 aromatic rings. The van der Waals surface area contributed by atoms with Crippen LogP contribution in [0, 0.1) is 5.41 Å². The number of hydrogen-bond donors (Lipinski definition) is 6. The Bertz CT molecular complexity index is 1350. The molecule has 2 heterocycles. The highest BCUT2D eigenvalue weighted by atomic mass is 32.2. The zero-order chi connectivity index (χ0) is 27.3. The number of benzene rings is 2. The van der Waals surface area contributed by atoms with Crippen molar-refractivity contribution in [1.82, 2.24) is 15.4 Å². The van der Waals surface area contributed by atoms with Crippen molar-refractivity contribution < 1.29 is 22.4 Å². The maximum atomic E-state index is 13.9. The van der Waals surface area contributed by atoms with Crippen molar-refractivity contribution in [2.24, 2.45) is 10.9 Å². The van der Waals surface area contributed by atoms with Gasteiger partial charge in [0, 0.05) is 11.5 Å². The number of carbonyl (C=O) groups is 2. The third-order valence-corrected chi connectivity index (χ3v) is 7.00. The molecule has 12 heteroatoms. The summed E-state index contributed by atoms with van der Waals surface area (Å²) in [6.45, 7) is 0.654. The lowest BCUT2D eigenvalue weighted by molar-refractivity contribution is -0.130. The van der Waals surface area contributed by atoms with Gasteiger partial charge in [0.2, 0.25) is 5.91 Å². The molecule has 1 aromatic heterocycles. The van der Waals surface area contributed by atoms with Crippen LogP contribution in [0.15, 0.2) is 77.4 Å². The molecule has 1 aliphatic rings. The predicted molar refractivity (Wildman–Crippen MR) is 141 cm³/mol. The Hall–Kier alpha value is -3.84. The van der Waals surface area contributed by atoms with Crippen molar-refractivity contribution in [3.63, 3.8) is 0 Å². The third-order valence-electron chi connectivity index (χ3n) is 6.42. The zero-order valence-electron chi connectivity index (χ0n) is 20.5. The second-order valence-electron chi connectivity index (χ2n) is 9.09. The highest BCUT2D eigenvalue weighted by Gasteiger charge is 2.38. The summed E-state index contributed by atoms with van der Waals surface area (Å²) in [6, 6.07) is 16.2. The van der Waals surface area contributed by atoms with E-state index in [0.717, 1.165) is 6.42 Å². The highest BCUT2D eigenvalue weighted by molar-refractivity contribution is 7.87. The SMILES string of the molecule is N=C(N)c1cc(C(NC(=O)[C@H](NS(N)(=O)=O)C(c2ccccc2)c2ccccc2)C(=O)[C@@H]2CCCN2)co1. The van der Waals surface area contributed by atoms with Crippen molar-refractivity contribution in [3.05, 3.63) is 95.4 Å². The van der Waals surface area contributed by atoms with E-state index in [1.807, 2.05) is 12.1 Å². The number of furan rings is 1. The quantitative estimate of drug-likeness (QED) is 0.155. The number of nitrogens with two attached hydrogens (primary N) is 2. The molecule has 1 unspecified atom stereocenters. The van der Waals surface area contributed by atoms with Crippen LogP contribution in [0.1, 0.15) is 47.3 Å². The summed E-state index contributed by atoms with van der Waals surface area (Å²) in [5.74, 6) is -2.16. The molecule has 200 valence electrons. The summed E-state index contributed by atoms with van der Waals surface area (Å²) in [7, 11) is -4.34. The van der Waals surface area contributed by atoms with E-state index in [9.17, 15) is 18.0 Å². The minimum atomic E-state index is -4.34. The topological polar surface area (TPSA) is 193 Å². The fourth-order valence-electron chi connectivity index (χ4n) is 4.67. The first-order valence-electron chi connectivity index (χ1n) is 12.0. The van der Waals surface area contributed by atoms with E-state index in [2.05, 4.69) is 15.4 Å². The smallest absolute Gasteiger partial charge is 0.275 e. The number of Topliss-reactive ketones (excluding diaryl/α,β-unsaturated/α-hetero) is 1. The van der Waals surface area contributed by atoms with Crippen LogP contribution in [0.25, 0.3) is 0 Å². The number of amides is 1. The van der Waals surface area contributed by atoms with Crippen molar-refractivity contribution in [3.8, 4) is 0 Å². The van der Waals surface area contributed by atoms with Gasteiger partial charge < -0.3 is 20.8 Å². The van der Waals surface area contributed by atoms with Crippen LogP contribution in [0.2, 0.25) is 0 Å². The Morgan fingerprint density at radius 3 is 2.11 bits per heavy atom. The Morgan fingerprint density at radius 1 is 1.03 bits per heavy atom. The van der Waals surface area contributed by atoms with Crippen molar-refractivity contribution >= 4 is 27.7 Å². The van der Waals surface area contributed by atoms with Gasteiger partial charge in [-0.1, -0.05) is 60.7 Å². The summed E-state index contributed by atoms with van der Waals surface area (Å²) in [5.41, 5.74) is 7.14. The number of ketones is 1. The molecular formula is C26H30N6O5S. The van der Waals surface area contributed by atoms with Gasteiger partial charge in [-0.3, -0.25) is 15.0 Å². The standard InChI is InChI=1S/C26H30N6O5S/c27-25(28)20-14-18(15-37-20)22(24(33)19-12-7-13-30-19)31-26(34)23(32-38(29,35)36)21(16-8-3-1-4-9-16)17-10-5-2-6-11-17/h1-6,8-11,14-15,19,21-23,30,32H,7,12-13H2,(H3,27,28)(H,31,34)(H2,29,35,36)/t19-,22?,23+/m0/s1. The van der Waals surface area contributed by atoms with Crippen LogP contribution in [0.3, 0.4) is 0 Å². The number of nitrogens with one attached hydrogen (secondary N) is 4. The number of rotatable bonds is 11. The minimum Gasteiger partial charge on any atom is -0.461 e. The summed E-state index contributed by atoms with van der Waals surface area (Å²) >= 11 is 0. The molecule has 8 N–H and O–H groups in total. The molecule has 1 amide bonds. The lowest BCUT2D eigenvalue weighted by atomic mass is 9.84. The van der Waals surface area contributed by atoms with Gasteiger partial charge in [-0.2, -0.15) is 13.1 Å². The Morgan fingerprint density at radius 2 is 1.63 bits per heavy atom. The zero-order valence-corrected chi connectivity index (χ0v) is 21.3. The number of amidine groups is 1. The second kappa shape index (κ2) is 11.7. The first-order chi connectivity index (χ1) is 18.1. The maximum absolute atomic E-state index is 13.9. The molecule has 1 aliphatic heterocycles.